The molecule has 1 aliphatic rings. The molecule has 0 aliphatic carbocycles. The zero-order valence-electron chi connectivity index (χ0n) is 11.2. The Morgan fingerprint density at radius 2 is 2.00 bits per heavy atom. The maximum atomic E-state index is 6.12. The van der Waals surface area contributed by atoms with Crippen LogP contribution in [-0.4, -0.2) is 17.0 Å². The van der Waals surface area contributed by atoms with Gasteiger partial charge in [-0.2, -0.15) is 39.0 Å². The normalized spacial score (nSPS) is 40.3. The second-order valence-electron chi connectivity index (χ2n) is 5.24. The summed E-state index contributed by atoms with van der Waals surface area (Å²) in [5.74, 6) is 1.99. The van der Waals surface area contributed by atoms with Crippen molar-refractivity contribution in [3.8, 4) is 0 Å². The van der Waals surface area contributed by atoms with E-state index in [2.05, 4.69) is 41.0 Å². The van der Waals surface area contributed by atoms with E-state index in [1.807, 2.05) is 0 Å². The first-order chi connectivity index (χ1) is 6.85. The minimum atomic E-state index is -0.263. The van der Waals surface area contributed by atoms with Crippen LogP contribution >= 0.6 is 12.6 Å². The van der Waals surface area contributed by atoms with Gasteiger partial charge in [0.25, 0.3) is 0 Å². The number of hydrogen-bond acceptors (Lipinski definition) is 2. The Hall–Kier alpha value is 1.41. The first-order valence-electron chi connectivity index (χ1n) is 5.83. The number of hydrogen-bond donors (Lipinski definition) is 1. The van der Waals surface area contributed by atoms with Gasteiger partial charge in [0, 0.05) is 39.3 Å². The van der Waals surface area contributed by atoms with Gasteiger partial charge in [-0.15, -0.1) is 0 Å². The molecule has 0 N–H and O–H groups in total. The predicted octanol–water partition coefficient (Wildman–Crippen LogP) is 3.70. The third kappa shape index (κ3) is 3.25. The molecule has 1 aliphatic heterocycles. The van der Waals surface area contributed by atoms with Gasteiger partial charge in [0.15, 0.2) is 0 Å². The van der Waals surface area contributed by atoms with Crippen LogP contribution in [0.3, 0.4) is 0 Å². The third-order valence-corrected chi connectivity index (χ3v) is 4.15. The Bertz CT molecular complexity index is 218. The van der Waals surface area contributed by atoms with Gasteiger partial charge in [-0.05, 0) is 23.5 Å². The molecule has 0 saturated carbocycles. The van der Waals surface area contributed by atoms with Gasteiger partial charge in [0.2, 0.25) is 0 Å². The molecule has 0 aromatic heterocycles. The van der Waals surface area contributed by atoms with Crippen LogP contribution in [-0.2, 0) is 37.4 Å². The molecular formula is C13H24OSY-2. The average molecular weight is 317 g/mol. The van der Waals surface area contributed by atoms with E-state index >= 15 is 0 Å². The van der Waals surface area contributed by atoms with E-state index in [0.717, 1.165) is 19.4 Å². The molecule has 1 fully saturated rings. The smallest absolute Gasteiger partial charge is 0.0407 e. The molecule has 0 spiro atoms. The molecule has 0 aromatic rings. The quantitative estimate of drug-likeness (QED) is 0.603. The molecule has 3 heteroatoms. The number of thiol groups is 1. The summed E-state index contributed by atoms with van der Waals surface area (Å²) in [7, 11) is 0. The molecule has 1 nitrogen and oxygen atoms in total. The van der Waals surface area contributed by atoms with E-state index in [9.17, 15) is 0 Å². The largest absolute Gasteiger partial charge is 0.436 e. The maximum Gasteiger partial charge on any atom is 0.0407 e. The van der Waals surface area contributed by atoms with Crippen LogP contribution in [0.15, 0.2) is 0 Å². The van der Waals surface area contributed by atoms with Gasteiger partial charge < -0.3 is 17.1 Å². The summed E-state index contributed by atoms with van der Waals surface area (Å²) in [5, 5.41) is 0. The van der Waals surface area contributed by atoms with Gasteiger partial charge in [0.1, 0.15) is 0 Å². The molecule has 1 rings (SSSR count). The van der Waals surface area contributed by atoms with E-state index in [0.29, 0.717) is 5.92 Å². The summed E-state index contributed by atoms with van der Waals surface area (Å²) in [4.78, 5) is 0. The summed E-state index contributed by atoms with van der Waals surface area (Å²) < 4.78 is 6.02. The number of ether oxygens (including phenoxy) is 1. The Balaban J connectivity index is 0.00000225. The van der Waals surface area contributed by atoms with Crippen LogP contribution in [0, 0.1) is 18.3 Å². The average Bonchev–Trinajstić information content (AvgIpc) is 2.20. The Labute approximate surface area is 132 Å². The van der Waals surface area contributed by atoms with Crippen LogP contribution in [0.25, 0.3) is 0 Å². The Morgan fingerprint density at radius 3 is 2.44 bits per heavy atom. The van der Waals surface area contributed by atoms with Crippen LogP contribution in [0.1, 0.15) is 47.5 Å². The molecule has 1 radical (unpaired) electrons. The topological polar surface area (TPSA) is 9.23 Å². The molecule has 3 unspecified atom stereocenters. The zero-order chi connectivity index (χ0) is 11.7. The van der Waals surface area contributed by atoms with Gasteiger partial charge in [-0.1, -0.05) is 13.8 Å². The van der Waals surface area contributed by atoms with Gasteiger partial charge in [0.05, 0.1) is 0 Å². The van der Waals surface area contributed by atoms with Gasteiger partial charge in [-0.3, -0.25) is 0 Å². The number of rotatable bonds is 2. The van der Waals surface area contributed by atoms with E-state index in [-0.39, 0.29) is 43.1 Å². The van der Waals surface area contributed by atoms with Crippen molar-refractivity contribution in [1.29, 1.82) is 0 Å². The second-order valence-corrected chi connectivity index (χ2v) is 6.23. The van der Waals surface area contributed by atoms with E-state index in [1.165, 1.54) is 5.92 Å². The third-order valence-electron chi connectivity index (χ3n) is 3.64. The summed E-state index contributed by atoms with van der Waals surface area (Å²) in [6.45, 7) is 11.7. The minimum Gasteiger partial charge on any atom is -0.436 e. The molecular weight excluding hydrogens is 293 g/mol. The van der Waals surface area contributed by atoms with E-state index in [4.69, 9.17) is 17.4 Å². The Kier molecular flexibility index (Phi) is 7.12. The van der Waals surface area contributed by atoms with Crippen LogP contribution < -0.4 is 0 Å². The van der Waals surface area contributed by atoms with Crippen molar-refractivity contribution in [1.82, 2.24) is 0 Å². The molecule has 0 aromatic carbocycles. The molecule has 93 valence electrons. The summed E-state index contributed by atoms with van der Waals surface area (Å²) in [6, 6.07) is 0. The second kappa shape index (κ2) is 6.54. The van der Waals surface area contributed by atoms with Crippen molar-refractivity contribution in [3.05, 3.63) is 12.3 Å². The SMILES string of the molecule is C[CH-]C1([C-](C)C)OCCC(C)CC1(C)S.[Y]. The fourth-order valence-corrected chi connectivity index (χ4v) is 3.60. The van der Waals surface area contributed by atoms with Crippen molar-refractivity contribution >= 4 is 12.6 Å². The van der Waals surface area contributed by atoms with E-state index < -0.39 is 0 Å². The fraction of sp³-hybridized carbons (Fsp3) is 0.846. The van der Waals surface area contributed by atoms with Crippen molar-refractivity contribution in [2.45, 2.75) is 57.8 Å². The van der Waals surface area contributed by atoms with Crippen molar-refractivity contribution in [3.63, 3.8) is 0 Å². The molecule has 16 heavy (non-hydrogen) atoms. The first-order valence-corrected chi connectivity index (χ1v) is 6.28. The maximum absolute atomic E-state index is 6.12. The monoisotopic (exact) mass is 317 g/mol. The molecule has 0 amide bonds. The van der Waals surface area contributed by atoms with Crippen molar-refractivity contribution in [2.24, 2.45) is 5.92 Å². The zero-order valence-corrected chi connectivity index (χ0v) is 14.9. The van der Waals surface area contributed by atoms with Crippen LogP contribution in [0.2, 0.25) is 0 Å². The van der Waals surface area contributed by atoms with Crippen molar-refractivity contribution < 1.29 is 37.4 Å². The standard InChI is InChI=1S/C13H24OS.Y/c1-6-13(10(2)3)12(5,15)9-11(4)7-8-14-13;/h6,11,15H,7-9H2,1-5H3;/q-2;. The van der Waals surface area contributed by atoms with Gasteiger partial charge >= 0.3 is 0 Å². The van der Waals surface area contributed by atoms with E-state index in [1.54, 1.807) is 0 Å². The Morgan fingerprint density at radius 1 is 1.44 bits per heavy atom. The molecule has 0 bridgehead atoms. The van der Waals surface area contributed by atoms with Gasteiger partial charge in [-0.25, -0.2) is 0 Å². The molecule has 1 heterocycles. The summed E-state index contributed by atoms with van der Waals surface area (Å²) in [5.41, 5.74) is -0.263. The first kappa shape index (κ1) is 17.4. The van der Waals surface area contributed by atoms with Crippen molar-refractivity contribution in [2.75, 3.05) is 6.61 Å². The fourth-order valence-electron chi connectivity index (χ4n) is 2.87. The van der Waals surface area contributed by atoms with Crippen LogP contribution in [0.5, 0.6) is 0 Å². The van der Waals surface area contributed by atoms with Crippen LogP contribution in [0.4, 0.5) is 0 Å². The predicted molar refractivity (Wildman–Crippen MR) is 69.0 cm³/mol. The molecule has 3 atom stereocenters. The summed E-state index contributed by atoms with van der Waals surface area (Å²) in [6.07, 6.45) is 4.41. The minimum absolute atomic E-state index is 0. The summed E-state index contributed by atoms with van der Waals surface area (Å²) >= 11 is 4.87. The molecule has 1 saturated heterocycles.